The summed E-state index contributed by atoms with van der Waals surface area (Å²) in [5.74, 6) is -1.06. The molecule has 172 valence electrons. The molecule has 3 aromatic carbocycles. The summed E-state index contributed by atoms with van der Waals surface area (Å²) >= 11 is 0. The van der Waals surface area contributed by atoms with E-state index >= 15 is 0 Å². The van der Waals surface area contributed by atoms with Crippen molar-refractivity contribution in [3.63, 3.8) is 0 Å². The Balaban J connectivity index is 1.98. The van der Waals surface area contributed by atoms with Gasteiger partial charge in [-0.15, -0.1) is 0 Å². The van der Waals surface area contributed by atoms with Crippen LogP contribution in [0.4, 0.5) is 11.4 Å². The van der Waals surface area contributed by atoms with E-state index in [2.05, 4.69) is 5.32 Å². The van der Waals surface area contributed by atoms with E-state index in [0.717, 1.165) is 15.4 Å². The summed E-state index contributed by atoms with van der Waals surface area (Å²) in [5, 5.41) is 2.73. The number of nitrogens with zero attached hydrogens (tertiary/aromatic N) is 1. The summed E-state index contributed by atoms with van der Waals surface area (Å²) in [6.07, 6.45) is 0. The van der Waals surface area contributed by atoms with Crippen LogP contribution < -0.4 is 9.62 Å². The molecule has 0 aromatic heterocycles. The average molecular weight is 467 g/mol. The number of ether oxygens (including phenoxy) is 1. The number of benzene rings is 3. The van der Waals surface area contributed by atoms with Gasteiger partial charge in [0, 0.05) is 5.69 Å². The van der Waals surface area contributed by atoms with Crippen LogP contribution in [-0.2, 0) is 19.6 Å². The van der Waals surface area contributed by atoms with Gasteiger partial charge in [0.15, 0.2) is 0 Å². The second-order valence-corrected chi connectivity index (χ2v) is 9.55. The van der Waals surface area contributed by atoms with Crippen LogP contribution in [0, 0.1) is 20.8 Å². The van der Waals surface area contributed by atoms with Crippen LogP contribution in [0.15, 0.2) is 71.6 Å². The van der Waals surface area contributed by atoms with E-state index in [1.54, 1.807) is 55.5 Å². The van der Waals surface area contributed by atoms with Gasteiger partial charge in [-0.2, -0.15) is 0 Å². The minimum Gasteiger partial charge on any atom is -0.465 e. The van der Waals surface area contributed by atoms with Crippen LogP contribution in [0.5, 0.6) is 0 Å². The van der Waals surface area contributed by atoms with Gasteiger partial charge in [-0.3, -0.25) is 9.10 Å². The van der Waals surface area contributed by atoms with E-state index < -0.39 is 28.4 Å². The van der Waals surface area contributed by atoms with Gasteiger partial charge in [-0.25, -0.2) is 13.2 Å². The summed E-state index contributed by atoms with van der Waals surface area (Å²) in [4.78, 5) is 25.1. The molecule has 0 spiro atoms. The van der Waals surface area contributed by atoms with Crippen molar-refractivity contribution in [3.8, 4) is 0 Å². The van der Waals surface area contributed by atoms with Gasteiger partial charge < -0.3 is 10.1 Å². The number of amides is 1. The Labute approximate surface area is 194 Å². The SMILES string of the molecule is COC(=O)c1cccc(NC(=O)CN(c2cc(C)cc(C)c2)S(=O)(=O)c2ccccc2)c1C. The lowest BCUT2D eigenvalue weighted by Gasteiger charge is -2.25. The molecule has 0 aliphatic rings. The molecule has 0 saturated carbocycles. The topological polar surface area (TPSA) is 92.8 Å². The van der Waals surface area contributed by atoms with E-state index in [0.29, 0.717) is 22.5 Å². The van der Waals surface area contributed by atoms with Gasteiger partial charge in [0.1, 0.15) is 6.54 Å². The van der Waals surface area contributed by atoms with Gasteiger partial charge in [-0.1, -0.05) is 30.3 Å². The van der Waals surface area contributed by atoms with Crippen LogP contribution >= 0.6 is 0 Å². The third kappa shape index (κ3) is 5.40. The normalized spacial score (nSPS) is 11.0. The Morgan fingerprint density at radius 2 is 1.55 bits per heavy atom. The van der Waals surface area contributed by atoms with Crippen molar-refractivity contribution in [2.24, 2.45) is 0 Å². The molecule has 7 nitrogen and oxygen atoms in total. The zero-order valence-corrected chi connectivity index (χ0v) is 19.8. The fourth-order valence-electron chi connectivity index (χ4n) is 3.55. The molecule has 0 aliphatic carbocycles. The fourth-order valence-corrected chi connectivity index (χ4v) is 4.98. The van der Waals surface area contributed by atoms with Crippen LogP contribution in [0.3, 0.4) is 0 Å². The largest absolute Gasteiger partial charge is 0.465 e. The number of methoxy groups -OCH3 is 1. The molecule has 3 rings (SSSR count). The van der Waals surface area contributed by atoms with Crippen LogP contribution in [0.1, 0.15) is 27.0 Å². The Bertz CT molecular complexity index is 1270. The molecule has 0 atom stereocenters. The molecule has 33 heavy (non-hydrogen) atoms. The number of hydrogen-bond acceptors (Lipinski definition) is 5. The van der Waals surface area contributed by atoms with E-state index in [9.17, 15) is 18.0 Å². The van der Waals surface area contributed by atoms with Gasteiger partial charge in [0.05, 0.1) is 23.3 Å². The molecule has 0 unspecified atom stereocenters. The number of carbonyl (C=O) groups is 2. The van der Waals surface area contributed by atoms with Crippen molar-refractivity contribution in [1.29, 1.82) is 0 Å². The number of anilines is 2. The smallest absolute Gasteiger partial charge is 0.338 e. The number of aryl methyl sites for hydroxylation is 2. The zero-order valence-electron chi connectivity index (χ0n) is 19.0. The molecular formula is C25H26N2O5S. The van der Waals surface area contributed by atoms with E-state index in [4.69, 9.17) is 4.74 Å². The number of hydrogen-bond donors (Lipinski definition) is 1. The molecule has 0 fully saturated rings. The predicted molar refractivity (Wildman–Crippen MR) is 128 cm³/mol. The van der Waals surface area contributed by atoms with Crippen molar-refractivity contribution >= 4 is 33.3 Å². The summed E-state index contributed by atoms with van der Waals surface area (Å²) in [7, 11) is -2.73. The Hall–Kier alpha value is -3.65. The highest BCUT2D eigenvalue weighted by molar-refractivity contribution is 7.92. The summed E-state index contributed by atoms with van der Waals surface area (Å²) in [6.45, 7) is 4.98. The van der Waals surface area contributed by atoms with Crippen LogP contribution in [0.25, 0.3) is 0 Å². The Kier molecular flexibility index (Phi) is 7.18. The molecule has 3 aromatic rings. The molecule has 0 heterocycles. The molecule has 0 saturated heterocycles. The number of carbonyl (C=O) groups excluding carboxylic acids is 2. The summed E-state index contributed by atoms with van der Waals surface area (Å²) < 4.78 is 32.8. The standard InChI is InChI=1S/C25H26N2O5S/c1-17-13-18(2)15-20(14-17)27(33(30,31)21-9-6-5-7-10-21)16-24(28)26-23-12-8-11-22(19(23)3)25(29)32-4/h5-15H,16H2,1-4H3,(H,26,28). The van der Waals surface area contributed by atoms with Gasteiger partial charge >= 0.3 is 5.97 Å². The van der Waals surface area contributed by atoms with Crippen LogP contribution in [-0.4, -0.2) is 33.9 Å². The van der Waals surface area contributed by atoms with Crippen molar-refractivity contribution < 1.29 is 22.7 Å². The van der Waals surface area contributed by atoms with E-state index in [1.807, 2.05) is 19.9 Å². The number of nitrogens with one attached hydrogen (secondary N) is 1. The maximum atomic E-state index is 13.5. The van der Waals surface area contributed by atoms with E-state index in [1.165, 1.54) is 19.2 Å². The number of rotatable bonds is 7. The van der Waals surface area contributed by atoms with Crippen molar-refractivity contribution in [3.05, 3.63) is 89.0 Å². The molecule has 1 amide bonds. The van der Waals surface area contributed by atoms with Crippen molar-refractivity contribution in [1.82, 2.24) is 0 Å². The first-order valence-electron chi connectivity index (χ1n) is 10.3. The maximum Gasteiger partial charge on any atom is 0.338 e. The third-order valence-electron chi connectivity index (χ3n) is 5.13. The molecule has 0 aliphatic heterocycles. The zero-order chi connectivity index (χ0) is 24.2. The first kappa shape index (κ1) is 24.0. The molecule has 0 radical (unpaired) electrons. The highest BCUT2D eigenvalue weighted by atomic mass is 32.2. The van der Waals surface area contributed by atoms with Crippen LogP contribution in [0.2, 0.25) is 0 Å². The second kappa shape index (κ2) is 9.87. The van der Waals surface area contributed by atoms with E-state index in [-0.39, 0.29) is 4.90 Å². The minimum atomic E-state index is -4.01. The Morgan fingerprint density at radius 3 is 2.15 bits per heavy atom. The number of sulfonamides is 1. The fraction of sp³-hybridized carbons (Fsp3) is 0.200. The molecular weight excluding hydrogens is 440 g/mol. The summed E-state index contributed by atoms with van der Waals surface area (Å²) in [6, 6.07) is 18.2. The van der Waals surface area contributed by atoms with Crippen molar-refractivity contribution in [2.45, 2.75) is 25.7 Å². The highest BCUT2D eigenvalue weighted by Crippen LogP contribution is 2.26. The third-order valence-corrected chi connectivity index (χ3v) is 6.91. The quantitative estimate of drug-likeness (QED) is 0.526. The predicted octanol–water partition coefficient (Wildman–Crippen LogP) is 4.23. The first-order valence-corrected chi connectivity index (χ1v) is 11.7. The molecule has 0 bridgehead atoms. The van der Waals surface area contributed by atoms with Gasteiger partial charge in [-0.05, 0) is 73.9 Å². The Morgan fingerprint density at radius 1 is 0.909 bits per heavy atom. The van der Waals surface area contributed by atoms with Crippen molar-refractivity contribution in [2.75, 3.05) is 23.3 Å². The molecule has 8 heteroatoms. The summed E-state index contributed by atoms with van der Waals surface area (Å²) in [5.41, 5.74) is 3.40. The molecule has 1 N–H and O–H groups in total. The van der Waals surface area contributed by atoms with Gasteiger partial charge in [0.2, 0.25) is 5.91 Å². The minimum absolute atomic E-state index is 0.0841. The van der Waals surface area contributed by atoms with Gasteiger partial charge in [0.25, 0.3) is 10.0 Å². The second-order valence-electron chi connectivity index (χ2n) is 7.69. The number of esters is 1. The lowest BCUT2D eigenvalue weighted by atomic mass is 10.1. The lowest BCUT2D eigenvalue weighted by molar-refractivity contribution is -0.114. The first-order chi connectivity index (χ1) is 15.6. The monoisotopic (exact) mass is 466 g/mol. The lowest BCUT2D eigenvalue weighted by Crippen LogP contribution is -2.38. The average Bonchev–Trinajstić information content (AvgIpc) is 2.78. The highest BCUT2D eigenvalue weighted by Gasteiger charge is 2.28. The maximum absolute atomic E-state index is 13.5.